The molecule has 0 atom stereocenters. The lowest BCUT2D eigenvalue weighted by Crippen LogP contribution is -1.96. The minimum atomic E-state index is -0.482. The van der Waals surface area contributed by atoms with E-state index in [0.717, 1.165) is 0 Å². The molecule has 0 radical (unpaired) electrons. The Morgan fingerprint density at radius 3 is 2.85 bits per heavy atom. The van der Waals surface area contributed by atoms with Gasteiger partial charge in [0.2, 0.25) is 0 Å². The predicted octanol–water partition coefficient (Wildman–Crippen LogP) is 2.22. The van der Waals surface area contributed by atoms with E-state index in [-0.39, 0.29) is 5.82 Å². The molecule has 0 aliphatic carbocycles. The van der Waals surface area contributed by atoms with Gasteiger partial charge in [0, 0.05) is 16.3 Å². The molecule has 4 heteroatoms. The molecule has 0 bridgehead atoms. The molecular weight excluding hydrogens is 191 g/mol. The number of fused-ring (bicyclic) bond motifs is 1. The number of hydrogen-bond donors (Lipinski definition) is 1. The molecule has 66 valence electrons. The van der Waals surface area contributed by atoms with Crippen LogP contribution in [-0.2, 0) is 0 Å². The lowest BCUT2D eigenvalue weighted by Gasteiger charge is -1.98. The van der Waals surface area contributed by atoms with Gasteiger partial charge >= 0.3 is 5.63 Å². The minimum Gasteiger partial charge on any atom is -0.423 e. The van der Waals surface area contributed by atoms with E-state index in [0.29, 0.717) is 15.9 Å². The smallest absolute Gasteiger partial charge is 0.337 e. The predicted molar refractivity (Wildman–Crippen MR) is 49.7 cm³/mol. The number of rotatable bonds is 0. The molecular formula is C9H5FO2S. The van der Waals surface area contributed by atoms with Crippen molar-refractivity contribution in [2.45, 2.75) is 4.90 Å². The van der Waals surface area contributed by atoms with Crippen LogP contribution in [-0.4, -0.2) is 0 Å². The Morgan fingerprint density at radius 1 is 1.31 bits per heavy atom. The quantitative estimate of drug-likeness (QED) is 0.517. The maximum atomic E-state index is 12.8. The Hall–Kier alpha value is -1.29. The zero-order valence-corrected chi connectivity index (χ0v) is 7.35. The molecule has 1 aromatic heterocycles. The Kier molecular flexibility index (Phi) is 1.84. The zero-order chi connectivity index (χ0) is 9.42. The fraction of sp³-hybridized carbons (Fsp3) is 0. The second-order valence-corrected chi connectivity index (χ2v) is 3.07. The van der Waals surface area contributed by atoms with Crippen molar-refractivity contribution in [3.63, 3.8) is 0 Å². The Balaban J connectivity index is 2.95. The van der Waals surface area contributed by atoms with Crippen molar-refractivity contribution in [3.05, 3.63) is 40.5 Å². The highest BCUT2D eigenvalue weighted by molar-refractivity contribution is 7.80. The van der Waals surface area contributed by atoms with Crippen molar-refractivity contribution in [3.8, 4) is 0 Å². The first-order chi connectivity index (χ1) is 6.16. The van der Waals surface area contributed by atoms with Crippen LogP contribution in [0.4, 0.5) is 4.39 Å². The van der Waals surface area contributed by atoms with Crippen LogP contribution in [0, 0.1) is 5.82 Å². The Bertz CT molecular complexity index is 518. The number of halogens is 1. The third-order valence-electron chi connectivity index (χ3n) is 1.68. The monoisotopic (exact) mass is 196 g/mol. The summed E-state index contributed by atoms with van der Waals surface area (Å²) < 4.78 is 17.6. The van der Waals surface area contributed by atoms with Crippen molar-refractivity contribution in [2.75, 3.05) is 0 Å². The van der Waals surface area contributed by atoms with Crippen LogP contribution in [0.1, 0.15) is 0 Å². The average molecular weight is 196 g/mol. The molecule has 1 heterocycles. The van der Waals surface area contributed by atoms with E-state index in [1.165, 1.54) is 24.3 Å². The summed E-state index contributed by atoms with van der Waals surface area (Å²) in [6, 6.07) is 5.13. The van der Waals surface area contributed by atoms with Crippen LogP contribution in [0.25, 0.3) is 11.0 Å². The van der Waals surface area contributed by atoms with Crippen LogP contribution in [0.5, 0.6) is 0 Å². The lowest BCUT2D eigenvalue weighted by molar-refractivity contribution is 0.555. The highest BCUT2D eigenvalue weighted by Gasteiger charge is 2.02. The molecule has 2 rings (SSSR count). The van der Waals surface area contributed by atoms with Gasteiger partial charge in [0.25, 0.3) is 0 Å². The topological polar surface area (TPSA) is 30.2 Å². The third-order valence-corrected chi connectivity index (χ3v) is 2.05. The maximum Gasteiger partial charge on any atom is 0.337 e. The highest BCUT2D eigenvalue weighted by Crippen LogP contribution is 2.20. The van der Waals surface area contributed by atoms with Crippen molar-refractivity contribution < 1.29 is 8.81 Å². The molecule has 0 aliphatic heterocycles. The SMILES string of the molecule is O=c1cc(S)c2cc(F)ccc2o1. The second kappa shape index (κ2) is 2.88. The van der Waals surface area contributed by atoms with Crippen LogP contribution in [0.2, 0.25) is 0 Å². The van der Waals surface area contributed by atoms with Gasteiger partial charge in [-0.2, -0.15) is 0 Å². The molecule has 2 aromatic rings. The normalized spacial score (nSPS) is 10.6. The molecule has 2 nitrogen and oxygen atoms in total. The lowest BCUT2D eigenvalue weighted by atomic mass is 10.2. The van der Waals surface area contributed by atoms with Crippen LogP contribution in [0.3, 0.4) is 0 Å². The van der Waals surface area contributed by atoms with Gasteiger partial charge in [-0.1, -0.05) is 0 Å². The first-order valence-corrected chi connectivity index (χ1v) is 4.04. The van der Waals surface area contributed by atoms with Crippen LogP contribution < -0.4 is 5.63 Å². The van der Waals surface area contributed by atoms with Gasteiger partial charge in [-0.05, 0) is 18.2 Å². The van der Waals surface area contributed by atoms with Crippen molar-refractivity contribution >= 4 is 23.6 Å². The molecule has 0 saturated carbocycles. The van der Waals surface area contributed by atoms with E-state index >= 15 is 0 Å². The summed E-state index contributed by atoms with van der Waals surface area (Å²) in [6.07, 6.45) is 0. The third kappa shape index (κ3) is 1.45. The van der Waals surface area contributed by atoms with Gasteiger partial charge < -0.3 is 4.42 Å². The molecule has 0 unspecified atom stereocenters. The number of thiol groups is 1. The number of hydrogen-bond acceptors (Lipinski definition) is 3. The average Bonchev–Trinajstić information content (AvgIpc) is 2.06. The summed E-state index contributed by atoms with van der Waals surface area (Å²) in [6.45, 7) is 0. The van der Waals surface area contributed by atoms with Crippen molar-refractivity contribution in [1.29, 1.82) is 0 Å². The summed E-state index contributed by atoms with van der Waals surface area (Å²) in [4.78, 5) is 11.3. The van der Waals surface area contributed by atoms with E-state index in [4.69, 9.17) is 4.42 Å². The van der Waals surface area contributed by atoms with Crippen molar-refractivity contribution in [1.82, 2.24) is 0 Å². The largest absolute Gasteiger partial charge is 0.423 e. The Morgan fingerprint density at radius 2 is 2.08 bits per heavy atom. The molecule has 0 aliphatic rings. The van der Waals surface area contributed by atoms with E-state index in [1.807, 2.05) is 0 Å². The van der Waals surface area contributed by atoms with Crippen LogP contribution in [0.15, 0.2) is 38.4 Å². The van der Waals surface area contributed by atoms with E-state index in [1.54, 1.807) is 0 Å². The van der Waals surface area contributed by atoms with Gasteiger partial charge in [-0.25, -0.2) is 9.18 Å². The highest BCUT2D eigenvalue weighted by atomic mass is 32.1. The molecule has 0 saturated heterocycles. The number of benzene rings is 1. The van der Waals surface area contributed by atoms with E-state index < -0.39 is 5.63 Å². The van der Waals surface area contributed by atoms with E-state index in [9.17, 15) is 9.18 Å². The summed E-state index contributed by atoms with van der Waals surface area (Å²) in [7, 11) is 0. The van der Waals surface area contributed by atoms with E-state index in [2.05, 4.69) is 12.6 Å². The fourth-order valence-corrected chi connectivity index (χ4v) is 1.40. The molecule has 0 spiro atoms. The van der Waals surface area contributed by atoms with Gasteiger partial charge in [0.15, 0.2) is 0 Å². The van der Waals surface area contributed by atoms with Crippen LogP contribution >= 0.6 is 12.6 Å². The van der Waals surface area contributed by atoms with Crippen molar-refractivity contribution in [2.24, 2.45) is 0 Å². The summed E-state index contributed by atoms with van der Waals surface area (Å²) in [5.41, 5.74) is -0.136. The molecule has 0 N–H and O–H groups in total. The summed E-state index contributed by atoms with van der Waals surface area (Å²) in [5.74, 6) is -0.378. The fourth-order valence-electron chi connectivity index (χ4n) is 1.12. The zero-order valence-electron chi connectivity index (χ0n) is 6.45. The van der Waals surface area contributed by atoms with Gasteiger partial charge in [0.1, 0.15) is 11.4 Å². The van der Waals surface area contributed by atoms with Gasteiger partial charge in [0.05, 0.1) is 0 Å². The molecule has 1 aromatic carbocycles. The molecule has 0 fully saturated rings. The Labute approximate surface area is 78.4 Å². The first kappa shape index (κ1) is 8.31. The molecule has 13 heavy (non-hydrogen) atoms. The first-order valence-electron chi connectivity index (χ1n) is 3.59. The second-order valence-electron chi connectivity index (χ2n) is 2.59. The molecule has 0 amide bonds. The maximum absolute atomic E-state index is 12.8. The summed E-state index contributed by atoms with van der Waals surface area (Å²) in [5, 5.41) is 0.503. The minimum absolute atomic E-state index is 0.346. The summed E-state index contributed by atoms with van der Waals surface area (Å²) >= 11 is 4.04. The van der Waals surface area contributed by atoms with Gasteiger partial charge in [-0.3, -0.25) is 0 Å². The standard InChI is InChI=1S/C9H5FO2S/c10-5-1-2-7-6(3-5)8(13)4-9(11)12-7/h1-4,13H. The van der Waals surface area contributed by atoms with Gasteiger partial charge in [-0.15, -0.1) is 12.6 Å².